The Kier molecular flexibility index (Phi) is 5.64. The molecule has 1 atom stereocenters. The highest BCUT2D eigenvalue weighted by Gasteiger charge is 2.15. The van der Waals surface area contributed by atoms with Crippen LogP contribution >= 0.6 is 27.5 Å². The number of aromatic nitrogens is 2. The summed E-state index contributed by atoms with van der Waals surface area (Å²) in [6, 6.07) is 6.34. The van der Waals surface area contributed by atoms with Crippen molar-refractivity contribution < 1.29 is 0 Å². The van der Waals surface area contributed by atoms with E-state index in [1.807, 2.05) is 30.1 Å². The van der Waals surface area contributed by atoms with E-state index >= 15 is 0 Å². The van der Waals surface area contributed by atoms with Gasteiger partial charge in [-0.05, 0) is 52.5 Å². The Balaban J connectivity index is 2.12. The molecule has 1 aromatic heterocycles. The summed E-state index contributed by atoms with van der Waals surface area (Å²) in [5.41, 5.74) is 2.40. The molecule has 20 heavy (non-hydrogen) atoms. The molecule has 0 aliphatic carbocycles. The zero-order valence-electron chi connectivity index (χ0n) is 11.7. The molecule has 108 valence electrons. The number of rotatable bonds is 6. The molecule has 0 radical (unpaired) electrons. The van der Waals surface area contributed by atoms with Crippen molar-refractivity contribution in [3.05, 3.63) is 51.2 Å². The Labute approximate surface area is 133 Å². The van der Waals surface area contributed by atoms with Gasteiger partial charge in [-0.1, -0.05) is 30.7 Å². The minimum atomic E-state index is 0.255. The van der Waals surface area contributed by atoms with E-state index in [0.717, 1.165) is 34.4 Å². The predicted molar refractivity (Wildman–Crippen MR) is 87.1 cm³/mol. The number of hydrogen-bond donors (Lipinski definition) is 1. The topological polar surface area (TPSA) is 29.9 Å². The molecule has 2 aromatic rings. The van der Waals surface area contributed by atoms with E-state index in [2.05, 4.69) is 45.5 Å². The molecule has 1 heterocycles. The summed E-state index contributed by atoms with van der Waals surface area (Å²) in [5, 5.41) is 8.52. The minimum absolute atomic E-state index is 0.255. The minimum Gasteiger partial charge on any atom is -0.310 e. The summed E-state index contributed by atoms with van der Waals surface area (Å²) in [6.07, 6.45) is 5.96. The summed E-state index contributed by atoms with van der Waals surface area (Å²) in [4.78, 5) is 0. The van der Waals surface area contributed by atoms with E-state index in [0.29, 0.717) is 0 Å². The van der Waals surface area contributed by atoms with E-state index in [4.69, 9.17) is 11.6 Å². The van der Waals surface area contributed by atoms with Gasteiger partial charge in [0.05, 0.1) is 11.2 Å². The lowest BCUT2D eigenvalue weighted by Gasteiger charge is -2.20. The number of nitrogens with one attached hydrogen (secondary N) is 1. The molecule has 0 saturated carbocycles. The monoisotopic (exact) mass is 355 g/mol. The Morgan fingerprint density at radius 3 is 2.90 bits per heavy atom. The first-order valence-electron chi connectivity index (χ1n) is 6.76. The van der Waals surface area contributed by atoms with Crippen LogP contribution in [0.4, 0.5) is 0 Å². The van der Waals surface area contributed by atoms with Crippen molar-refractivity contribution in [3.63, 3.8) is 0 Å². The fourth-order valence-electron chi connectivity index (χ4n) is 2.32. The first-order chi connectivity index (χ1) is 9.61. The number of aryl methyl sites for hydroxylation is 2. The van der Waals surface area contributed by atoms with Crippen LogP contribution in [0.1, 0.15) is 30.5 Å². The highest BCUT2D eigenvalue weighted by atomic mass is 79.9. The van der Waals surface area contributed by atoms with Crippen LogP contribution in [0.3, 0.4) is 0 Å². The lowest BCUT2D eigenvalue weighted by atomic mass is 10.00. The first kappa shape index (κ1) is 15.5. The summed E-state index contributed by atoms with van der Waals surface area (Å²) in [7, 11) is 1.94. The van der Waals surface area contributed by atoms with Crippen molar-refractivity contribution in [3.8, 4) is 0 Å². The van der Waals surface area contributed by atoms with Gasteiger partial charge in [0, 0.05) is 23.8 Å². The second-order valence-electron chi connectivity index (χ2n) is 4.81. The molecule has 0 spiro atoms. The third-order valence-corrected chi connectivity index (χ3v) is 4.60. The quantitative estimate of drug-likeness (QED) is 0.844. The van der Waals surface area contributed by atoms with Gasteiger partial charge in [0.2, 0.25) is 0 Å². The van der Waals surface area contributed by atoms with Gasteiger partial charge in [-0.25, -0.2) is 0 Å². The van der Waals surface area contributed by atoms with Gasteiger partial charge in [0.25, 0.3) is 0 Å². The molecule has 1 unspecified atom stereocenters. The third-order valence-electron chi connectivity index (χ3n) is 3.29. The second kappa shape index (κ2) is 7.25. The zero-order chi connectivity index (χ0) is 14.5. The molecule has 5 heteroatoms. The second-order valence-corrected chi connectivity index (χ2v) is 6.05. The van der Waals surface area contributed by atoms with E-state index in [1.165, 1.54) is 5.56 Å². The van der Waals surface area contributed by atoms with Crippen molar-refractivity contribution >= 4 is 27.5 Å². The van der Waals surface area contributed by atoms with Crippen LogP contribution in [0.15, 0.2) is 35.1 Å². The molecule has 1 aromatic carbocycles. The Bertz CT molecular complexity index is 568. The Morgan fingerprint density at radius 1 is 1.45 bits per heavy atom. The summed E-state index contributed by atoms with van der Waals surface area (Å²) < 4.78 is 2.78. The normalized spacial score (nSPS) is 12.6. The van der Waals surface area contributed by atoms with Crippen LogP contribution in [0.2, 0.25) is 5.02 Å². The highest BCUT2D eigenvalue weighted by molar-refractivity contribution is 9.10. The smallest absolute Gasteiger partial charge is 0.0595 e. The van der Waals surface area contributed by atoms with Crippen molar-refractivity contribution in [1.82, 2.24) is 15.1 Å². The van der Waals surface area contributed by atoms with Crippen molar-refractivity contribution in [1.29, 1.82) is 0 Å². The molecule has 0 aliphatic rings. The SMILES string of the molecule is CCNC(CCc1cnn(C)c1)c1cccc(Br)c1Cl. The van der Waals surface area contributed by atoms with Crippen LogP contribution in [0.5, 0.6) is 0 Å². The van der Waals surface area contributed by atoms with E-state index in [9.17, 15) is 0 Å². The number of benzene rings is 1. The van der Waals surface area contributed by atoms with Gasteiger partial charge in [-0.3, -0.25) is 4.68 Å². The molecular formula is C15H19BrClN3. The molecule has 1 N–H and O–H groups in total. The van der Waals surface area contributed by atoms with Gasteiger partial charge < -0.3 is 5.32 Å². The van der Waals surface area contributed by atoms with Crippen LogP contribution in [-0.4, -0.2) is 16.3 Å². The maximum Gasteiger partial charge on any atom is 0.0595 e. The molecule has 3 nitrogen and oxygen atoms in total. The first-order valence-corrected chi connectivity index (χ1v) is 7.93. The largest absolute Gasteiger partial charge is 0.310 e. The van der Waals surface area contributed by atoms with Crippen LogP contribution < -0.4 is 5.32 Å². The zero-order valence-corrected chi connectivity index (χ0v) is 14.1. The average molecular weight is 357 g/mol. The Hall–Kier alpha value is -0.840. The van der Waals surface area contributed by atoms with Crippen LogP contribution in [0, 0.1) is 0 Å². The van der Waals surface area contributed by atoms with E-state index in [-0.39, 0.29) is 6.04 Å². The number of hydrogen-bond acceptors (Lipinski definition) is 2. The van der Waals surface area contributed by atoms with Crippen molar-refractivity contribution in [2.75, 3.05) is 6.54 Å². The maximum atomic E-state index is 6.41. The van der Waals surface area contributed by atoms with Crippen LogP contribution in [0.25, 0.3) is 0 Å². The number of halogens is 2. The molecule has 0 amide bonds. The van der Waals surface area contributed by atoms with Gasteiger partial charge >= 0.3 is 0 Å². The van der Waals surface area contributed by atoms with E-state index in [1.54, 1.807) is 0 Å². The molecule has 0 aliphatic heterocycles. The van der Waals surface area contributed by atoms with Gasteiger partial charge in [-0.2, -0.15) is 5.10 Å². The molecule has 0 saturated heterocycles. The highest BCUT2D eigenvalue weighted by Crippen LogP contribution is 2.32. The van der Waals surface area contributed by atoms with Crippen molar-refractivity contribution in [2.24, 2.45) is 7.05 Å². The fraction of sp³-hybridized carbons (Fsp3) is 0.400. The summed E-state index contributed by atoms with van der Waals surface area (Å²) in [6.45, 7) is 3.03. The number of nitrogens with zero attached hydrogens (tertiary/aromatic N) is 2. The third kappa shape index (κ3) is 3.84. The predicted octanol–water partition coefficient (Wildman–Crippen LogP) is 4.12. The summed E-state index contributed by atoms with van der Waals surface area (Å²) >= 11 is 9.90. The van der Waals surface area contributed by atoms with Gasteiger partial charge in [0.1, 0.15) is 0 Å². The lowest BCUT2D eigenvalue weighted by Crippen LogP contribution is -2.21. The molecule has 2 rings (SSSR count). The molecule has 0 bridgehead atoms. The summed E-state index contributed by atoms with van der Waals surface area (Å²) in [5.74, 6) is 0. The average Bonchev–Trinajstić information content (AvgIpc) is 2.84. The van der Waals surface area contributed by atoms with Gasteiger partial charge in [0.15, 0.2) is 0 Å². The standard InChI is InChI=1S/C15H19BrClN3/c1-3-18-14(8-7-11-9-19-20(2)10-11)12-5-4-6-13(16)15(12)17/h4-6,9-10,14,18H,3,7-8H2,1-2H3. The van der Waals surface area contributed by atoms with Crippen molar-refractivity contribution in [2.45, 2.75) is 25.8 Å². The lowest BCUT2D eigenvalue weighted by molar-refractivity contribution is 0.515. The molecular weight excluding hydrogens is 338 g/mol. The molecule has 0 fully saturated rings. The van der Waals surface area contributed by atoms with Crippen LogP contribution in [-0.2, 0) is 13.5 Å². The Morgan fingerprint density at radius 2 is 2.25 bits per heavy atom. The maximum absolute atomic E-state index is 6.41. The van der Waals surface area contributed by atoms with E-state index < -0.39 is 0 Å². The van der Waals surface area contributed by atoms with Gasteiger partial charge in [-0.15, -0.1) is 0 Å². The fourth-order valence-corrected chi connectivity index (χ4v) is 2.95.